The Morgan fingerprint density at radius 1 is 1.53 bits per heavy atom. The number of aromatic nitrogens is 1. The fourth-order valence-electron chi connectivity index (χ4n) is 2.07. The number of rotatable bonds is 7. The molecule has 1 aromatic rings. The number of aryl methyl sites for hydroxylation is 2. The Kier molecular flexibility index (Phi) is 4.71. The van der Waals surface area contributed by atoms with Crippen molar-refractivity contribution in [3.8, 4) is 0 Å². The first-order chi connectivity index (χ1) is 9.08. The molecule has 5 heteroatoms. The predicted octanol–water partition coefficient (Wildman–Crippen LogP) is 2.17. The van der Waals surface area contributed by atoms with Crippen LogP contribution in [0.5, 0.6) is 0 Å². The van der Waals surface area contributed by atoms with Crippen LogP contribution in [0.1, 0.15) is 29.8 Å². The van der Waals surface area contributed by atoms with Crippen molar-refractivity contribution < 1.29 is 4.74 Å². The molecule has 19 heavy (non-hydrogen) atoms. The Bertz CT molecular complexity index is 472. The lowest BCUT2D eigenvalue weighted by Gasteiger charge is -2.14. The van der Waals surface area contributed by atoms with Gasteiger partial charge >= 0.3 is 0 Å². The lowest BCUT2D eigenvalue weighted by atomic mass is 10.1. The molecule has 0 radical (unpaired) electrons. The largest absolute Gasteiger partial charge is 0.389 e. The Balaban J connectivity index is 1.91. The molecule has 0 bridgehead atoms. The van der Waals surface area contributed by atoms with Crippen molar-refractivity contribution in [3.05, 3.63) is 23.0 Å². The monoisotopic (exact) mass is 279 g/mol. The summed E-state index contributed by atoms with van der Waals surface area (Å²) in [6, 6.07) is 1.97. The third-order valence-corrected chi connectivity index (χ3v) is 3.39. The van der Waals surface area contributed by atoms with Crippen LogP contribution in [0.3, 0.4) is 0 Å². The average molecular weight is 279 g/mol. The molecule has 4 nitrogen and oxygen atoms in total. The van der Waals surface area contributed by atoms with Crippen molar-refractivity contribution in [1.29, 1.82) is 0 Å². The molecule has 0 aliphatic heterocycles. The van der Waals surface area contributed by atoms with Gasteiger partial charge in [-0.3, -0.25) is 4.98 Å². The quantitative estimate of drug-likeness (QED) is 0.592. The number of ether oxygens (including phenoxy) is 1. The number of nitrogens with one attached hydrogen (secondary N) is 1. The highest BCUT2D eigenvalue weighted by molar-refractivity contribution is 7.80. The van der Waals surface area contributed by atoms with Gasteiger partial charge in [-0.15, -0.1) is 0 Å². The van der Waals surface area contributed by atoms with Gasteiger partial charge < -0.3 is 15.8 Å². The van der Waals surface area contributed by atoms with Crippen LogP contribution in [-0.4, -0.2) is 29.7 Å². The molecule has 1 fully saturated rings. The Labute approximate surface area is 119 Å². The summed E-state index contributed by atoms with van der Waals surface area (Å²) in [7, 11) is 0. The molecular weight excluding hydrogens is 258 g/mol. The van der Waals surface area contributed by atoms with Crippen molar-refractivity contribution in [3.63, 3.8) is 0 Å². The van der Waals surface area contributed by atoms with E-state index >= 15 is 0 Å². The van der Waals surface area contributed by atoms with Gasteiger partial charge in [-0.1, -0.05) is 12.2 Å². The number of pyridine rings is 1. The molecule has 1 saturated carbocycles. The van der Waals surface area contributed by atoms with Gasteiger partial charge in [0.1, 0.15) is 4.99 Å². The summed E-state index contributed by atoms with van der Waals surface area (Å²) in [5.74, 6) is 0.803. The highest BCUT2D eigenvalue weighted by Gasteiger charge is 2.20. The van der Waals surface area contributed by atoms with Crippen LogP contribution in [0.2, 0.25) is 0 Å². The van der Waals surface area contributed by atoms with Crippen molar-refractivity contribution in [2.24, 2.45) is 11.7 Å². The third-order valence-electron chi connectivity index (χ3n) is 3.19. The maximum Gasteiger partial charge on any atom is 0.107 e. The topological polar surface area (TPSA) is 60.2 Å². The van der Waals surface area contributed by atoms with E-state index in [1.165, 1.54) is 12.8 Å². The van der Waals surface area contributed by atoms with Gasteiger partial charge in [0.25, 0.3) is 0 Å². The van der Waals surface area contributed by atoms with Crippen LogP contribution in [0, 0.1) is 19.8 Å². The first kappa shape index (κ1) is 14.2. The standard InChI is InChI=1S/C14H21N3OS/c1-9-7-12(13(14(15)19)10(2)17-9)16-5-6-18-8-11-3-4-11/h7,11H,3-6,8H2,1-2H3,(H2,15,19)(H,16,17). The third kappa shape index (κ3) is 4.14. The minimum Gasteiger partial charge on any atom is -0.389 e. The van der Waals surface area contributed by atoms with Crippen molar-refractivity contribution in [1.82, 2.24) is 4.98 Å². The van der Waals surface area contributed by atoms with Gasteiger partial charge in [0.15, 0.2) is 0 Å². The lowest BCUT2D eigenvalue weighted by molar-refractivity contribution is 0.134. The lowest BCUT2D eigenvalue weighted by Crippen LogP contribution is -2.18. The zero-order valence-electron chi connectivity index (χ0n) is 11.5. The first-order valence-corrected chi connectivity index (χ1v) is 7.08. The van der Waals surface area contributed by atoms with E-state index in [0.29, 0.717) is 11.6 Å². The van der Waals surface area contributed by atoms with Gasteiger partial charge in [-0.25, -0.2) is 0 Å². The Morgan fingerprint density at radius 3 is 2.89 bits per heavy atom. The number of hydrogen-bond donors (Lipinski definition) is 2. The molecule has 0 atom stereocenters. The highest BCUT2D eigenvalue weighted by atomic mass is 32.1. The summed E-state index contributed by atoms with van der Waals surface area (Å²) in [4.78, 5) is 4.77. The number of thiocarbonyl (C=S) groups is 1. The van der Waals surface area contributed by atoms with E-state index in [-0.39, 0.29) is 0 Å². The fourth-order valence-corrected chi connectivity index (χ4v) is 2.33. The number of anilines is 1. The Hall–Kier alpha value is -1.20. The normalized spacial score (nSPS) is 14.4. The summed E-state index contributed by atoms with van der Waals surface area (Å²) < 4.78 is 5.60. The second kappa shape index (κ2) is 6.30. The molecule has 1 heterocycles. The van der Waals surface area contributed by atoms with Crippen LogP contribution in [-0.2, 0) is 4.74 Å². The molecule has 0 unspecified atom stereocenters. The van der Waals surface area contributed by atoms with E-state index in [1.54, 1.807) is 0 Å². The number of nitrogens with zero attached hydrogens (tertiary/aromatic N) is 1. The molecule has 0 saturated heterocycles. The Morgan fingerprint density at radius 2 is 2.26 bits per heavy atom. The maximum absolute atomic E-state index is 5.76. The SMILES string of the molecule is Cc1cc(NCCOCC2CC2)c(C(N)=S)c(C)n1. The molecule has 104 valence electrons. The molecule has 0 spiro atoms. The maximum atomic E-state index is 5.76. The summed E-state index contributed by atoms with van der Waals surface area (Å²) >= 11 is 5.09. The van der Waals surface area contributed by atoms with Crippen LogP contribution < -0.4 is 11.1 Å². The van der Waals surface area contributed by atoms with Crippen LogP contribution in [0.15, 0.2) is 6.07 Å². The zero-order chi connectivity index (χ0) is 13.8. The summed E-state index contributed by atoms with van der Waals surface area (Å²) in [6.45, 7) is 6.23. The molecule has 2 rings (SSSR count). The predicted molar refractivity (Wildman–Crippen MR) is 81.6 cm³/mol. The molecule has 3 N–H and O–H groups in total. The second-order valence-electron chi connectivity index (χ2n) is 5.08. The van der Waals surface area contributed by atoms with E-state index in [4.69, 9.17) is 22.7 Å². The first-order valence-electron chi connectivity index (χ1n) is 6.67. The minimum atomic E-state index is 0.381. The number of nitrogens with two attached hydrogens (primary N) is 1. The van der Waals surface area contributed by atoms with E-state index in [1.807, 2.05) is 19.9 Å². The molecule has 0 aromatic carbocycles. The fraction of sp³-hybridized carbons (Fsp3) is 0.571. The van der Waals surface area contributed by atoms with Crippen molar-refractivity contribution in [2.45, 2.75) is 26.7 Å². The molecular formula is C14H21N3OS. The molecule has 1 aromatic heterocycles. The van der Waals surface area contributed by atoms with E-state index in [9.17, 15) is 0 Å². The minimum absolute atomic E-state index is 0.381. The number of hydrogen-bond acceptors (Lipinski definition) is 4. The highest BCUT2D eigenvalue weighted by Crippen LogP contribution is 2.28. The van der Waals surface area contributed by atoms with Gasteiger partial charge in [0.2, 0.25) is 0 Å². The molecule has 1 aliphatic carbocycles. The van der Waals surface area contributed by atoms with Crippen LogP contribution in [0.4, 0.5) is 5.69 Å². The molecule has 1 aliphatic rings. The van der Waals surface area contributed by atoms with E-state index in [0.717, 1.165) is 41.7 Å². The summed E-state index contributed by atoms with van der Waals surface area (Å²) in [6.07, 6.45) is 2.64. The van der Waals surface area contributed by atoms with Crippen molar-refractivity contribution >= 4 is 22.9 Å². The zero-order valence-corrected chi connectivity index (χ0v) is 12.3. The second-order valence-corrected chi connectivity index (χ2v) is 5.52. The van der Waals surface area contributed by atoms with Gasteiger partial charge in [0.05, 0.1) is 12.2 Å². The summed E-state index contributed by atoms with van der Waals surface area (Å²) in [5, 5.41) is 3.34. The van der Waals surface area contributed by atoms with E-state index < -0.39 is 0 Å². The smallest absolute Gasteiger partial charge is 0.107 e. The van der Waals surface area contributed by atoms with Crippen molar-refractivity contribution in [2.75, 3.05) is 25.1 Å². The van der Waals surface area contributed by atoms with Crippen LogP contribution >= 0.6 is 12.2 Å². The van der Waals surface area contributed by atoms with Gasteiger partial charge in [0, 0.05) is 30.2 Å². The molecule has 0 amide bonds. The average Bonchev–Trinajstić information content (AvgIpc) is 3.10. The van der Waals surface area contributed by atoms with Gasteiger partial charge in [-0.05, 0) is 38.7 Å². The van der Waals surface area contributed by atoms with E-state index in [2.05, 4.69) is 10.3 Å². The summed E-state index contributed by atoms with van der Waals surface area (Å²) in [5.41, 5.74) is 9.38. The van der Waals surface area contributed by atoms with Gasteiger partial charge in [-0.2, -0.15) is 0 Å². The van der Waals surface area contributed by atoms with Crippen LogP contribution in [0.25, 0.3) is 0 Å².